The van der Waals surface area contributed by atoms with Crippen LogP contribution in [0, 0.1) is 0 Å². The Hall–Kier alpha value is -1.41. The van der Waals surface area contributed by atoms with Crippen LogP contribution < -0.4 is 4.72 Å². The fraction of sp³-hybridized carbons (Fsp3) is 0.182. The van der Waals surface area contributed by atoms with Crippen molar-refractivity contribution in [2.45, 2.75) is 18.0 Å². The first kappa shape index (κ1) is 14.0. The van der Waals surface area contributed by atoms with Crippen LogP contribution in [0.3, 0.4) is 0 Å². The molecule has 0 fully saturated rings. The molecule has 1 heterocycles. The van der Waals surface area contributed by atoms with Gasteiger partial charge in [-0.05, 0) is 23.8 Å². The Kier molecular flexibility index (Phi) is 4.20. The molecule has 102 valence electrons. The van der Waals surface area contributed by atoms with Crippen LogP contribution >= 0.6 is 11.6 Å². The van der Waals surface area contributed by atoms with Gasteiger partial charge < -0.3 is 9.63 Å². The molecule has 2 aromatic rings. The van der Waals surface area contributed by atoms with E-state index in [0.717, 1.165) is 0 Å². The largest absolute Gasteiger partial charge is 0.392 e. The van der Waals surface area contributed by atoms with Crippen LogP contribution in [-0.4, -0.2) is 18.7 Å². The van der Waals surface area contributed by atoms with E-state index in [9.17, 15) is 8.42 Å². The second-order valence-corrected chi connectivity index (χ2v) is 5.89. The molecule has 19 heavy (non-hydrogen) atoms. The summed E-state index contributed by atoms with van der Waals surface area (Å²) in [5, 5.41) is 12.9. The van der Waals surface area contributed by atoms with Crippen molar-refractivity contribution in [3.63, 3.8) is 0 Å². The maximum atomic E-state index is 12.0. The smallest absolute Gasteiger partial charge is 0.240 e. The van der Waals surface area contributed by atoms with Crippen LogP contribution in [-0.2, 0) is 23.2 Å². The predicted molar refractivity (Wildman–Crippen MR) is 67.9 cm³/mol. The molecule has 1 aromatic carbocycles. The summed E-state index contributed by atoms with van der Waals surface area (Å²) in [6, 6.07) is 5.68. The zero-order valence-corrected chi connectivity index (χ0v) is 11.3. The number of hydrogen-bond donors (Lipinski definition) is 2. The van der Waals surface area contributed by atoms with Crippen LogP contribution in [0.5, 0.6) is 0 Å². The lowest BCUT2D eigenvalue weighted by atomic mass is 10.2. The highest BCUT2D eigenvalue weighted by Gasteiger charge is 2.16. The molecule has 0 radical (unpaired) electrons. The molecule has 0 unspecified atom stereocenters. The standard InChI is InChI=1S/C11H11ClN2O4S/c12-11-2-1-10(5-8(11)7-15)19(16,17)14-6-9-3-4-13-18-9/h1-5,14-15H,6-7H2. The highest BCUT2D eigenvalue weighted by Crippen LogP contribution is 2.20. The Bertz CT molecular complexity index is 655. The summed E-state index contributed by atoms with van der Waals surface area (Å²) < 4.78 is 31.2. The summed E-state index contributed by atoms with van der Waals surface area (Å²) in [5.41, 5.74) is 0.351. The van der Waals surface area contributed by atoms with Gasteiger partial charge in [0.15, 0.2) is 5.76 Å². The SMILES string of the molecule is O=S(=O)(NCc1ccno1)c1ccc(Cl)c(CO)c1. The van der Waals surface area contributed by atoms with Crippen LogP contribution in [0.4, 0.5) is 0 Å². The topological polar surface area (TPSA) is 92.4 Å². The van der Waals surface area contributed by atoms with Gasteiger partial charge in [-0.2, -0.15) is 0 Å². The van der Waals surface area contributed by atoms with E-state index in [1.54, 1.807) is 6.07 Å². The number of aliphatic hydroxyl groups is 1. The Labute approximate surface area is 115 Å². The quantitative estimate of drug-likeness (QED) is 0.868. The highest BCUT2D eigenvalue weighted by molar-refractivity contribution is 7.89. The van der Waals surface area contributed by atoms with Gasteiger partial charge in [-0.15, -0.1) is 0 Å². The van der Waals surface area contributed by atoms with E-state index in [1.807, 2.05) is 0 Å². The molecule has 0 aliphatic carbocycles. The summed E-state index contributed by atoms with van der Waals surface area (Å²) in [6.45, 7) is -0.330. The number of halogens is 1. The van der Waals surface area contributed by atoms with Gasteiger partial charge in [0.1, 0.15) is 0 Å². The third-order valence-electron chi connectivity index (χ3n) is 2.43. The monoisotopic (exact) mass is 302 g/mol. The number of benzene rings is 1. The lowest BCUT2D eigenvalue weighted by Gasteiger charge is -2.07. The second-order valence-electron chi connectivity index (χ2n) is 3.71. The predicted octanol–water partition coefficient (Wildman–Crippen LogP) is 1.30. The molecule has 8 heteroatoms. The molecule has 6 nitrogen and oxygen atoms in total. The molecule has 2 N–H and O–H groups in total. The third-order valence-corrected chi connectivity index (χ3v) is 4.19. The summed E-state index contributed by atoms with van der Waals surface area (Å²) in [4.78, 5) is 0.0282. The molecular formula is C11H11ClN2O4S. The molecule has 0 bridgehead atoms. The fourth-order valence-electron chi connectivity index (χ4n) is 1.42. The van der Waals surface area contributed by atoms with E-state index < -0.39 is 10.0 Å². The van der Waals surface area contributed by atoms with Gasteiger partial charge in [-0.25, -0.2) is 13.1 Å². The normalized spacial score (nSPS) is 11.7. The van der Waals surface area contributed by atoms with Crippen molar-refractivity contribution in [3.05, 3.63) is 46.8 Å². The minimum absolute atomic E-state index is 0.000577. The van der Waals surface area contributed by atoms with Gasteiger partial charge in [0.25, 0.3) is 0 Å². The van der Waals surface area contributed by atoms with Crippen molar-refractivity contribution in [1.29, 1.82) is 0 Å². The third kappa shape index (κ3) is 3.32. The van der Waals surface area contributed by atoms with Crippen molar-refractivity contribution < 1.29 is 18.0 Å². The summed E-state index contributed by atoms with van der Waals surface area (Å²) >= 11 is 5.81. The molecule has 1 aromatic heterocycles. The Morgan fingerprint density at radius 2 is 2.16 bits per heavy atom. The molecule has 0 atom stereocenters. The molecule has 0 spiro atoms. The summed E-state index contributed by atoms with van der Waals surface area (Å²) in [7, 11) is -3.69. The maximum absolute atomic E-state index is 12.0. The van der Waals surface area contributed by atoms with E-state index in [1.165, 1.54) is 24.4 Å². The van der Waals surface area contributed by atoms with E-state index in [-0.39, 0.29) is 18.0 Å². The van der Waals surface area contributed by atoms with Crippen molar-refractivity contribution in [3.8, 4) is 0 Å². The number of sulfonamides is 1. The van der Waals surface area contributed by atoms with Crippen LogP contribution in [0.1, 0.15) is 11.3 Å². The van der Waals surface area contributed by atoms with E-state index >= 15 is 0 Å². The number of nitrogens with one attached hydrogen (secondary N) is 1. The average Bonchev–Trinajstić information content (AvgIpc) is 2.90. The molecule has 0 amide bonds. The first-order valence-corrected chi connectivity index (χ1v) is 7.17. The molecule has 0 saturated carbocycles. The van der Waals surface area contributed by atoms with Crippen LogP contribution in [0.25, 0.3) is 0 Å². The van der Waals surface area contributed by atoms with Gasteiger partial charge in [-0.1, -0.05) is 16.8 Å². The second kappa shape index (κ2) is 5.70. The number of rotatable bonds is 5. The van der Waals surface area contributed by atoms with Crippen LogP contribution in [0.15, 0.2) is 39.9 Å². The number of hydrogen-bond acceptors (Lipinski definition) is 5. The number of aliphatic hydroxyl groups excluding tert-OH is 1. The molecule has 0 saturated heterocycles. The highest BCUT2D eigenvalue weighted by atomic mass is 35.5. The maximum Gasteiger partial charge on any atom is 0.240 e. The molecule has 0 aliphatic rings. The molecule has 0 aliphatic heterocycles. The number of aromatic nitrogens is 1. The Balaban J connectivity index is 2.19. The summed E-state index contributed by atoms with van der Waals surface area (Å²) in [6.07, 6.45) is 1.43. The first-order chi connectivity index (χ1) is 9.03. The van der Waals surface area contributed by atoms with Crippen LogP contribution in [0.2, 0.25) is 5.02 Å². The average molecular weight is 303 g/mol. The minimum Gasteiger partial charge on any atom is -0.392 e. The lowest BCUT2D eigenvalue weighted by Crippen LogP contribution is -2.23. The number of nitrogens with zero attached hydrogens (tertiary/aromatic N) is 1. The van der Waals surface area contributed by atoms with E-state index in [2.05, 4.69) is 9.88 Å². The van der Waals surface area contributed by atoms with Crippen molar-refractivity contribution in [2.24, 2.45) is 0 Å². The minimum atomic E-state index is -3.69. The lowest BCUT2D eigenvalue weighted by molar-refractivity contribution is 0.281. The fourth-order valence-corrected chi connectivity index (χ4v) is 2.64. The summed E-state index contributed by atoms with van der Waals surface area (Å²) in [5.74, 6) is 0.403. The van der Waals surface area contributed by atoms with Gasteiger partial charge >= 0.3 is 0 Å². The van der Waals surface area contributed by atoms with E-state index in [4.69, 9.17) is 21.2 Å². The van der Waals surface area contributed by atoms with Crippen molar-refractivity contribution >= 4 is 21.6 Å². The molecular weight excluding hydrogens is 292 g/mol. The van der Waals surface area contributed by atoms with Gasteiger partial charge in [0.05, 0.1) is 24.2 Å². The zero-order valence-electron chi connectivity index (χ0n) is 9.71. The Morgan fingerprint density at radius 1 is 1.37 bits per heavy atom. The van der Waals surface area contributed by atoms with E-state index in [0.29, 0.717) is 16.3 Å². The van der Waals surface area contributed by atoms with Crippen molar-refractivity contribution in [1.82, 2.24) is 9.88 Å². The van der Waals surface area contributed by atoms with Crippen molar-refractivity contribution in [2.75, 3.05) is 0 Å². The first-order valence-electron chi connectivity index (χ1n) is 5.31. The zero-order chi connectivity index (χ0) is 13.9. The van der Waals surface area contributed by atoms with Gasteiger partial charge in [-0.3, -0.25) is 0 Å². The molecule has 2 rings (SSSR count). The van der Waals surface area contributed by atoms with Gasteiger partial charge in [0, 0.05) is 11.1 Å². The Morgan fingerprint density at radius 3 is 2.79 bits per heavy atom. The van der Waals surface area contributed by atoms with Gasteiger partial charge in [0.2, 0.25) is 10.0 Å².